The minimum absolute atomic E-state index is 0.0776. The highest BCUT2D eigenvalue weighted by molar-refractivity contribution is 5.96. The van der Waals surface area contributed by atoms with Crippen LogP contribution in [0, 0.1) is 0 Å². The molecule has 0 spiro atoms. The fourth-order valence-corrected chi connectivity index (χ4v) is 1.16. The second-order valence-electron chi connectivity index (χ2n) is 2.82. The van der Waals surface area contributed by atoms with Crippen LogP contribution in [-0.2, 0) is 9.53 Å². The fraction of sp³-hybridized carbons (Fsp3) is 0.200. The molecule has 0 aromatic heterocycles. The van der Waals surface area contributed by atoms with Gasteiger partial charge in [0.15, 0.2) is 5.75 Å². The van der Waals surface area contributed by atoms with E-state index in [1.165, 1.54) is 26.4 Å². The summed E-state index contributed by atoms with van der Waals surface area (Å²) >= 11 is 0. The van der Waals surface area contributed by atoms with E-state index in [4.69, 9.17) is 4.74 Å². The molecule has 1 aromatic carbocycles. The maximum atomic E-state index is 11.3. The summed E-state index contributed by atoms with van der Waals surface area (Å²) in [5.41, 5.74) is 0.000880. The first-order valence-electron chi connectivity index (χ1n) is 4.33. The van der Waals surface area contributed by atoms with Crippen LogP contribution in [0.25, 0.3) is 0 Å². The topological polar surface area (TPSA) is 84.9 Å². The number of nitrogens with one attached hydrogen (secondary N) is 1. The Balaban J connectivity index is 3.30. The number of benzene rings is 1. The first-order chi connectivity index (χ1) is 7.63. The summed E-state index contributed by atoms with van der Waals surface area (Å²) in [7, 11) is 2.59. The Kier molecular flexibility index (Phi) is 3.71. The number of hydrogen-bond donors (Lipinski definition) is 2. The number of ether oxygens (including phenoxy) is 2. The van der Waals surface area contributed by atoms with E-state index in [1.807, 2.05) is 0 Å². The monoisotopic (exact) mass is 225 g/mol. The summed E-state index contributed by atoms with van der Waals surface area (Å²) in [5.74, 6) is -0.757. The summed E-state index contributed by atoms with van der Waals surface area (Å²) in [6.45, 7) is 0. The van der Waals surface area contributed by atoms with Gasteiger partial charge in [0, 0.05) is 6.07 Å². The largest absolute Gasteiger partial charge is 0.505 e. The summed E-state index contributed by atoms with van der Waals surface area (Å²) in [6.07, 6.45) is 0.384. The van der Waals surface area contributed by atoms with Crippen molar-refractivity contribution in [2.24, 2.45) is 0 Å². The summed E-state index contributed by atoms with van der Waals surface area (Å²) in [6, 6.07) is 2.70. The van der Waals surface area contributed by atoms with E-state index < -0.39 is 5.97 Å². The number of phenols is 1. The van der Waals surface area contributed by atoms with Gasteiger partial charge in [-0.15, -0.1) is 0 Å². The number of amides is 1. The average molecular weight is 225 g/mol. The molecule has 1 rings (SSSR count). The molecule has 0 saturated heterocycles. The molecule has 86 valence electrons. The van der Waals surface area contributed by atoms with Gasteiger partial charge in [0.2, 0.25) is 6.41 Å². The van der Waals surface area contributed by atoms with Crippen molar-refractivity contribution in [2.75, 3.05) is 19.5 Å². The van der Waals surface area contributed by atoms with Gasteiger partial charge in [0.25, 0.3) is 0 Å². The predicted molar refractivity (Wildman–Crippen MR) is 55.7 cm³/mol. The molecule has 0 aliphatic heterocycles. The molecule has 0 saturated carbocycles. The number of carbonyl (C=O) groups is 2. The minimum Gasteiger partial charge on any atom is -0.505 e. The highest BCUT2D eigenvalue weighted by Crippen LogP contribution is 2.32. The molecule has 0 atom stereocenters. The first kappa shape index (κ1) is 11.8. The maximum Gasteiger partial charge on any atom is 0.341 e. The zero-order valence-corrected chi connectivity index (χ0v) is 8.81. The number of anilines is 1. The molecule has 1 aromatic rings. The molecule has 0 bridgehead atoms. The molecule has 0 fully saturated rings. The van der Waals surface area contributed by atoms with Crippen molar-refractivity contribution in [3.8, 4) is 11.5 Å². The van der Waals surface area contributed by atoms with E-state index in [9.17, 15) is 14.7 Å². The van der Waals surface area contributed by atoms with Gasteiger partial charge in [-0.05, 0) is 6.07 Å². The number of esters is 1. The van der Waals surface area contributed by atoms with Crippen molar-refractivity contribution < 1.29 is 24.2 Å². The molecular weight excluding hydrogens is 214 g/mol. The van der Waals surface area contributed by atoms with Gasteiger partial charge >= 0.3 is 5.97 Å². The molecule has 0 aliphatic carbocycles. The molecule has 0 heterocycles. The summed E-state index contributed by atoms with van der Waals surface area (Å²) in [5, 5.41) is 11.9. The number of methoxy groups -OCH3 is 2. The summed E-state index contributed by atoms with van der Waals surface area (Å²) < 4.78 is 9.40. The van der Waals surface area contributed by atoms with Crippen LogP contribution in [0.4, 0.5) is 5.69 Å². The molecule has 0 radical (unpaired) electrons. The van der Waals surface area contributed by atoms with Crippen LogP contribution in [-0.4, -0.2) is 31.7 Å². The lowest BCUT2D eigenvalue weighted by atomic mass is 10.1. The normalized spacial score (nSPS) is 9.38. The van der Waals surface area contributed by atoms with Crippen LogP contribution in [0.3, 0.4) is 0 Å². The Morgan fingerprint density at radius 1 is 1.44 bits per heavy atom. The number of hydrogen-bond acceptors (Lipinski definition) is 5. The lowest BCUT2D eigenvalue weighted by molar-refractivity contribution is -0.105. The van der Waals surface area contributed by atoms with E-state index in [0.717, 1.165) is 0 Å². The van der Waals surface area contributed by atoms with Crippen LogP contribution in [0.2, 0.25) is 0 Å². The zero-order chi connectivity index (χ0) is 12.1. The highest BCUT2D eigenvalue weighted by atomic mass is 16.5. The molecule has 6 nitrogen and oxygen atoms in total. The number of carbonyl (C=O) groups excluding carboxylic acids is 2. The maximum absolute atomic E-state index is 11.3. The van der Waals surface area contributed by atoms with E-state index in [2.05, 4.69) is 10.1 Å². The molecule has 0 aliphatic rings. The van der Waals surface area contributed by atoms with Crippen LogP contribution in [0.5, 0.6) is 11.5 Å². The van der Waals surface area contributed by atoms with E-state index in [-0.39, 0.29) is 17.0 Å². The van der Waals surface area contributed by atoms with Crippen LogP contribution in [0.15, 0.2) is 12.1 Å². The van der Waals surface area contributed by atoms with Crippen LogP contribution in [0.1, 0.15) is 10.4 Å². The SMILES string of the molecule is COC(=O)c1cc(OC)cc(NC=O)c1O. The van der Waals surface area contributed by atoms with Crippen molar-refractivity contribution in [1.29, 1.82) is 0 Å². The third kappa shape index (κ3) is 2.22. The lowest BCUT2D eigenvalue weighted by Crippen LogP contribution is -2.05. The van der Waals surface area contributed by atoms with Gasteiger partial charge in [0.05, 0.1) is 19.9 Å². The van der Waals surface area contributed by atoms with Gasteiger partial charge in [-0.1, -0.05) is 0 Å². The van der Waals surface area contributed by atoms with Gasteiger partial charge < -0.3 is 19.9 Å². The van der Waals surface area contributed by atoms with Gasteiger partial charge in [-0.2, -0.15) is 0 Å². The Bertz CT molecular complexity index is 416. The van der Waals surface area contributed by atoms with E-state index in [1.54, 1.807) is 0 Å². The molecule has 6 heteroatoms. The predicted octanol–water partition coefficient (Wildman–Crippen LogP) is 0.756. The number of phenolic OH excluding ortho intramolecular Hbond substituents is 1. The Morgan fingerprint density at radius 3 is 2.62 bits per heavy atom. The van der Waals surface area contributed by atoms with E-state index >= 15 is 0 Å². The third-order valence-corrected chi connectivity index (χ3v) is 1.94. The van der Waals surface area contributed by atoms with Crippen molar-refractivity contribution in [2.45, 2.75) is 0 Å². The lowest BCUT2D eigenvalue weighted by Gasteiger charge is -2.10. The second-order valence-corrected chi connectivity index (χ2v) is 2.82. The fourth-order valence-electron chi connectivity index (χ4n) is 1.16. The van der Waals surface area contributed by atoms with Crippen molar-refractivity contribution in [3.63, 3.8) is 0 Å². The first-order valence-corrected chi connectivity index (χ1v) is 4.33. The second kappa shape index (κ2) is 5.01. The smallest absolute Gasteiger partial charge is 0.341 e. The summed E-state index contributed by atoms with van der Waals surface area (Å²) in [4.78, 5) is 21.6. The Hall–Kier alpha value is -2.24. The molecular formula is C10H11NO5. The van der Waals surface area contributed by atoms with Gasteiger partial charge in [0.1, 0.15) is 11.3 Å². The Morgan fingerprint density at radius 2 is 2.12 bits per heavy atom. The van der Waals surface area contributed by atoms with E-state index in [0.29, 0.717) is 12.2 Å². The van der Waals surface area contributed by atoms with Gasteiger partial charge in [-0.25, -0.2) is 4.79 Å². The zero-order valence-electron chi connectivity index (χ0n) is 8.81. The van der Waals surface area contributed by atoms with Crippen LogP contribution < -0.4 is 10.1 Å². The highest BCUT2D eigenvalue weighted by Gasteiger charge is 2.17. The Labute approximate surface area is 91.8 Å². The molecule has 0 unspecified atom stereocenters. The minimum atomic E-state index is -0.717. The van der Waals surface area contributed by atoms with Crippen molar-refractivity contribution in [3.05, 3.63) is 17.7 Å². The number of aromatic hydroxyl groups is 1. The molecule has 1 amide bonds. The molecule has 16 heavy (non-hydrogen) atoms. The van der Waals surface area contributed by atoms with Gasteiger partial charge in [-0.3, -0.25) is 4.79 Å². The average Bonchev–Trinajstić information content (AvgIpc) is 2.31. The van der Waals surface area contributed by atoms with Crippen molar-refractivity contribution >= 4 is 18.1 Å². The van der Waals surface area contributed by atoms with Crippen LogP contribution >= 0.6 is 0 Å². The molecule has 2 N–H and O–H groups in total. The third-order valence-electron chi connectivity index (χ3n) is 1.94. The quantitative estimate of drug-likeness (QED) is 0.449. The number of rotatable bonds is 4. The van der Waals surface area contributed by atoms with Crippen molar-refractivity contribution in [1.82, 2.24) is 0 Å². The standard InChI is InChI=1S/C10H11NO5/c1-15-6-3-7(10(14)16-2)9(13)8(4-6)11-5-12/h3-5,13H,1-2H3,(H,11,12).